The summed E-state index contributed by atoms with van der Waals surface area (Å²) in [6.45, 7) is 1.91. The molecule has 2 fully saturated rings. The summed E-state index contributed by atoms with van der Waals surface area (Å²) in [5.41, 5.74) is 0. The van der Waals surface area contributed by atoms with Crippen molar-refractivity contribution in [2.75, 3.05) is 25.4 Å². The fourth-order valence-corrected chi connectivity index (χ4v) is 4.15. The van der Waals surface area contributed by atoms with Crippen molar-refractivity contribution in [3.8, 4) is 0 Å². The summed E-state index contributed by atoms with van der Waals surface area (Å²) in [5.74, 6) is 0.216. The number of rotatable bonds is 8. The Morgan fingerprint density at radius 2 is 1.85 bits per heavy atom. The molecule has 0 bridgehead atoms. The number of sulfonamides is 1. The molecule has 1 atom stereocenters. The second-order valence-corrected chi connectivity index (χ2v) is 7.85. The lowest BCUT2D eigenvalue weighted by atomic mass is 10.0. The highest BCUT2D eigenvalue weighted by molar-refractivity contribution is 7.89. The first-order valence-corrected chi connectivity index (χ1v) is 9.63. The number of ether oxygens (including phenoxy) is 1. The zero-order valence-electron chi connectivity index (χ0n) is 12.3. The van der Waals surface area contributed by atoms with Gasteiger partial charge in [0.05, 0.1) is 18.5 Å². The van der Waals surface area contributed by atoms with Crippen LogP contribution in [-0.4, -0.2) is 46.0 Å². The smallest absolute Gasteiger partial charge is 0.211 e. The SMILES string of the molecule is O=S(=O)(CCC1CCCCN1)NCCOC1CCCC1. The van der Waals surface area contributed by atoms with E-state index >= 15 is 0 Å². The highest BCUT2D eigenvalue weighted by atomic mass is 32.2. The molecule has 1 aliphatic heterocycles. The number of hydrogen-bond acceptors (Lipinski definition) is 4. The van der Waals surface area contributed by atoms with Crippen LogP contribution < -0.4 is 10.0 Å². The first-order chi connectivity index (χ1) is 9.66. The predicted octanol–water partition coefficient (Wildman–Crippen LogP) is 1.40. The Labute approximate surface area is 122 Å². The molecule has 1 saturated heterocycles. The summed E-state index contributed by atoms with van der Waals surface area (Å²) >= 11 is 0. The molecular formula is C14H28N2O3S. The van der Waals surface area contributed by atoms with Crippen molar-refractivity contribution in [1.82, 2.24) is 10.0 Å². The van der Waals surface area contributed by atoms with Gasteiger partial charge in [-0.15, -0.1) is 0 Å². The first-order valence-electron chi connectivity index (χ1n) is 7.98. The molecule has 1 aliphatic carbocycles. The summed E-state index contributed by atoms with van der Waals surface area (Å²) in [6.07, 6.45) is 9.31. The molecule has 2 aliphatic rings. The average Bonchev–Trinajstić information content (AvgIpc) is 2.96. The van der Waals surface area contributed by atoms with Crippen LogP contribution in [0.3, 0.4) is 0 Å². The predicted molar refractivity (Wildman–Crippen MR) is 80.3 cm³/mol. The zero-order chi connectivity index (χ0) is 14.3. The molecule has 0 aromatic carbocycles. The van der Waals surface area contributed by atoms with E-state index in [0.29, 0.717) is 31.7 Å². The average molecular weight is 304 g/mol. The van der Waals surface area contributed by atoms with E-state index in [2.05, 4.69) is 10.0 Å². The molecule has 2 N–H and O–H groups in total. The lowest BCUT2D eigenvalue weighted by molar-refractivity contribution is 0.0626. The Balaban J connectivity index is 1.55. The van der Waals surface area contributed by atoms with Crippen molar-refractivity contribution >= 4 is 10.0 Å². The Bertz CT molecular complexity index is 361. The third-order valence-corrected chi connectivity index (χ3v) is 5.64. The maximum Gasteiger partial charge on any atom is 0.211 e. The molecule has 1 saturated carbocycles. The standard InChI is InChI=1S/C14H28N2O3S/c17-20(18,12-8-13-5-3-4-9-15-13)16-10-11-19-14-6-1-2-7-14/h13-16H,1-12H2. The second-order valence-electron chi connectivity index (χ2n) is 5.93. The van der Waals surface area contributed by atoms with Crippen molar-refractivity contribution in [3.05, 3.63) is 0 Å². The quantitative estimate of drug-likeness (QED) is 0.665. The van der Waals surface area contributed by atoms with Gasteiger partial charge in [-0.1, -0.05) is 19.3 Å². The minimum Gasteiger partial charge on any atom is -0.377 e. The molecule has 0 amide bonds. The molecule has 1 unspecified atom stereocenters. The first kappa shape index (κ1) is 16.2. The summed E-state index contributed by atoms with van der Waals surface area (Å²) in [4.78, 5) is 0. The molecule has 1 heterocycles. The van der Waals surface area contributed by atoms with Gasteiger partial charge in [0.15, 0.2) is 0 Å². The van der Waals surface area contributed by atoms with E-state index < -0.39 is 10.0 Å². The van der Waals surface area contributed by atoms with Crippen LogP contribution in [0.1, 0.15) is 51.4 Å². The molecule has 0 aromatic rings. The van der Waals surface area contributed by atoms with Crippen LogP contribution >= 0.6 is 0 Å². The van der Waals surface area contributed by atoms with E-state index in [9.17, 15) is 8.42 Å². The van der Waals surface area contributed by atoms with Crippen molar-refractivity contribution in [1.29, 1.82) is 0 Å². The Hall–Kier alpha value is -0.170. The normalized spacial score (nSPS) is 25.1. The van der Waals surface area contributed by atoms with E-state index in [0.717, 1.165) is 25.8 Å². The maximum atomic E-state index is 11.9. The number of nitrogens with one attached hydrogen (secondary N) is 2. The summed E-state index contributed by atoms with van der Waals surface area (Å²) < 4.78 is 32.0. The van der Waals surface area contributed by atoms with Gasteiger partial charge in [-0.05, 0) is 38.6 Å². The van der Waals surface area contributed by atoms with E-state index in [1.54, 1.807) is 0 Å². The monoisotopic (exact) mass is 304 g/mol. The maximum absolute atomic E-state index is 11.9. The van der Waals surface area contributed by atoms with Crippen LogP contribution in [0.25, 0.3) is 0 Å². The highest BCUT2D eigenvalue weighted by Crippen LogP contribution is 2.20. The molecule has 0 radical (unpaired) electrons. The fourth-order valence-electron chi connectivity index (χ4n) is 3.02. The lowest BCUT2D eigenvalue weighted by Gasteiger charge is -2.23. The highest BCUT2D eigenvalue weighted by Gasteiger charge is 2.18. The lowest BCUT2D eigenvalue weighted by Crippen LogP contribution is -2.37. The van der Waals surface area contributed by atoms with Crippen molar-refractivity contribution in [3.63, 3.8) is 0 Å². The van der Waals surface area contributed by atoms with Gasteiger partial charge in [0.2, 0.25) is 10.0 Å². The van der Waals surface area contributed by atoms with Crippen LogP contribution in [0.5, 0.6) is 0 Å². The zero-order valence-corrected chi connectivity index (χ0v) is 13.1. The van der Waals surface area contributed by atoms with Crippen LogP contribution in [0.15, 0.2) is 0 Å². The third-order valence-electron chi connectivity index (χ3n) is 4.23. The van der Waals surface area contributed by atoms with E-state index in [1.165, 1.54) is 25.7 Å². The van der Waals surface area contributed by atoms with Gasteiger partial charge < -0.3 is 10.1 Å². The van der Waals surface area contributed by atoms with Crippen LogP contribution in [0, 0.1) is 0 Å². The van der Waals surface area contributed by atoms with Crippen molar-refractivity contribution in [2.24, 2.45) is 0 Å². The van der Waals surface area contributed by atoms with E-state index in [1.807, 2.05) is 0 Å². The van der Waals surface area contributed by atoms with Crippen LogP contribution in [0.4, 0.5) is 0 Å². The minimum atomic E-state index is -3.15. The molecular weight excluding hydrogens is 276 g/mol. The van der Waals surface area contributed by atoms with Gasteiger partial charge >= 0.3 is 0 Å². The largest absolute Gasteiger partial charge is 0.377 e. The van der Waals surface area contributed by atoms with Gasteiger partial charge in [0, 0.05) is 12.6 Å². The second kappa shape index (κ2) is 8.32. The van der Waals surface area contributed by atoms with Crippen LogP contribution in [-0.2, 0) is 14.8 Å². The number of piperidine rings is 1. The Kier molecular flexibility index (Phi) is 6.74. The molecule has 118 valence electrons. The molecule has 2 rings (SSSR count). The molecule has 0 aromatic heterocycles. The molecule has 6 heteroatoms. The summed E-state index contributed by atoms with van der Waals surface area (Å²) in [6, 6.07) is 0.370. The minimum absolute atomic E-state index is 0.216. The molecule has 20 heavy (non-hydrogen) atoms. The van der Waals surface area contributed by atoms with E-state index in [-0.39, 0.29) is 5.75 Å². The summed E-state index contributed by atoms with van der Waals surface area (Å²) in [7, 11) is -3.15. The molecule has 0 spiro atoms. The fraction of sp³-hybridized carbons (Fsp3) is 1.00. The van der Waals surface area contributed by atoms with Gasteiger partial charge in [-0.3, -0.25) is 0 Å². The van der Waals surface area contributed by atoms with Crippen molar-refractivity contribution < 1.29 is 13.2 Å². The van der Waals surface area contributed by atoms with Gasteiger partial charge in [-0.25, -0.2) is 13.1 Å². The number of hydrogen-bond donors (Lipinski definition) is 2. The third kappa shape index (κ3) is 6.08. The van der Waals surface area contributed by atoms with Gasteiger partial charge in [0.1, 0.15) is 0 Å². The van der Waals surface area contributed by atoms with Crippen LogP contribution in [0.2, 0.25) is 0 Å². The Morgan fingerprint density at radius 1 is 1.10 bits per heavy atom. The van der Waals surface area contributed by atoms with Crippen molar-refractivity contribution in [2.45, 2.75) is 63.5 Å². The van der Waals surface area contributed by atoms with Gasteiger partial charge in [-0.2, -0.15) is 0 Å². The summed E-state index contributed by atoms with van der Waals surface area (Å²) in [5, 5.41) is 3.38. The Morgan fingerprint density at radius 3 is 2.55 bits per heavy atom. The van der Waals surface area contributed by atoms with Gasteiger partial charge in [0.25, 0.3) is 0 Å². The molecule has 5 nitrogen and oxygen atoms in total. The topological polar surface area (TPSA) is 67.4 Å². The van der Waals surface area contributed by atoms with E-state index in [4.69, 9.17) is 4.74 Å².